The number of amides is 1. The van der Waals surface area contributed by atoms with Crippen LogP contribution in [-0.4, -0.2) is 28.2 Å². The molecule has 1 fully saturated rings. The number of nitrogens with zero attached hydrogens (tertiary/aromatic N) is 1. The smallest absolute Gasteiger partial charge is 0.295 e. The van der Waals surface area contributed by atoms with Crippen LogP contribution >= 0.6 is 11.6 Å². The van der Waals surface area contributed by atoms with Gasteiger partial charge in [0.15, 0.2) is 0 Å². The summed E-state index contributed by atoms with van der Waals surface area (Å²) < 4.78 is 13.7. The number of hydrogen-bond acceptors (Lipinski definition) is 3. The van der Waals surface area contributed by atoms with Gasteiger partial charge >= 0.3 is 0 Å². The van der Waals surface area contributed by atoms with Gasteiger partial charge in [0.1, 0.15) is 11.6 Å². The van der Waals surface area contributed by atoms with Crippen LogP contribution in [0.2, 0.25) is 5.02 Å². The normalized spacial score (nSPS) is 16.8. The minimum atomic E-state index is -0.761. The summed E-state index contributed by atoms with van der Waals surface area (Å²) in [7, 11) is 0. The molecule has 1 amide bonds. The first kappa shape index (κ1) is 30.9. The Kier molecular flexibility index (Phi) is 13.0. The summed E-state index contributed by atoms with van der Waals surface area (Å²) in [5, 5.41) is 11.6. The molecule has 0 saturated carbocycles. The monoisotopic (exact) mass is 555 g/mol. The van der Waals surface area contributed by atoms with Crippen LogP contribution in [0.5, 0.6) is 0 Å². The summed E-state index contributed by atoms with van der Waals surface area (Å²) in [5.74, 6) is -2.00. The molecule has 2 aromatic rings. The van der Waals surface area contributed by atoms with Crippen molar-refractivity contribution in [3.63, 3.8) is 0 Å². The number of halogens is 2. The van der Waals surface area contributed by atoms with Gasteiger partial charge in [0.25, 0.3) is 11.7 Å². The number of aliphatic hydroxyl groups is 1. The fourth-order valence-corrected chi connectivity index (χ4v) is 5.47. The van der Waals surface area contributed by atoms with Crippen molar-refractivity contribution in [1.82, 2.24) is 4.90 Å². The molecule has 0 radical (unpaired) electrons. The summed E-state index contributed by atoms with van der Waals surface area (Å²) in [6, 6.07) is 11.5. The van der Waals surface area contributed by atoms with Crippen molar-refractivity contribution in [2.75, 3.05) is 6.54 Å². The number of rotatable bonds is 17. The molecule has 2 aromatic carbocycles. The van der Waals surface area contributed by atoms with E-state index in [0.29, 0.717) is 22.7 Å². The highest BCUT2D eigenvalue weighted by Gasteiger charge is 2.45. The molecule has 1 atom stereocenters. The largest absolute Gasteiger partial charge is 0.507 e. The van der Waals surface area contributed by atoms with Gasteiger partial charge in [-0.05, 0) is 48.4 Å². The van der Waals surface area contributed by atoms with E-state index in [9.17, 15) is 19.1 Å². The number of aliphatic hydroxyl groups excluding tert-OH is 1. The predicted octanol–water partition coefficient (Wildman–Crippen LogP) is 9.38. The van der Waals surface area contributed by atoms with Gasteiger partial charge in [0, 0.05) is 17.1 Å². The molecular weight excluding hydrogens is 513 g/mol. The van der Waals surface area contributed by atoms with Crippen LogP contribution in [0.25, 0.3) is 5.76 Å². The lowest BCUT2D eigenvalue weighted by Crippen LogP contribution is -2.30. The molecule has 4 nitrogen and oxygen atoms in total. The maximum atomic E-state index is 13.7. The molecule has 6 heteroatoms. The Morgan fingerprint density at radius 1 is 0.769 bits per heavy atom. The van der Waals surface area contributed by atoms with Crippen LogP contribution in [0.15, 0.2) is 54.1 Å². The Labute approximate surface area is 238 Å². The Hall–Kier alpha value is -2.66. The van der Waals surface area contributed by atoms with E-state index in [4.69, 9.17) is 11.6 Å². The van der Waals surface area contributed by atoms with Crippen LogP contribution < -0.4 is 0 Å². The summed E-state index contributed by atoms with van der Waals surface area (Å²) in [6.07, 6.45) is 17.3. The molecule has 39 heavy (non-hydrogen) atoms. The highest BCUT2D eigenvalue weighted by atomic mass is 35.5. The van der Waals surface area contributed by atoms with Crippen molar-refractivity contribution < 1.29 is 19.1 Å². The van der Waals surface area contributed by atoms with E-state index in [-0.39, 0.29) is 11.3 Å². The molecule has 0 bridgehead atoms. The summed E-state index contributed by atoms with van der Waals surface area (Å²) >= 11 is 5.98. The van der Waals surface area contributed by atoms with Crippen LogP contribution in [0.1, 0.15) is 114 Å². The lowest BCUT2D eigenvalue weighted by atomic mass is 9.95. The Morgan fingerprint density at radius 3 is 1.77 bits per heavy atom. The molecule has 212 valence electrons. The molecule has 1 heterocycles. The van der Waals surface area contributed by atoms with Crippen molar-refractivity contribution in [3.8, 4) is 0 Å². The van der Waals surface area contributed by atoms with Crippen LogP contribution in [0.4, 0.5) is 4.39 Å². The molecule has 3 rings (SSSR count). The van der Waals surface area contributed by atoms with E-state index in [1.54, 1.807) is 36.4 Å². The zero-order valence-corrected chi connectivity index (χ0v) is 24.0. The fraction of sp³-hybridized carbons (Fsp3) is 0.515. The van der Waals surface area contributed by atoms with Gasteiger partial charge in [-0.2, -0.15) is 0 Å². The number of unbranched alkanes of at least 4 members (excludes halogenated alkanes) is 13. The Bertz CT molecular complexity index is 1080. The lowest BCUT2D eigenvalue weighted by molar-refractivity contribution is -0.139. The summed E-state index contributed by atoms with van der Waals surface area (Å²) in [5.41, 5.74) is 1.02. The molecule has 1 N–H and O–H groups in total. The van der Waals surface area contributed by atoms with Gasteiger partial charge < -0.3 is 10.0 Å². The SMILES string of the molecule is CCCCCCCCCCCCCCCCN1C(=O)C(=O)C(=C(O)c2ccc(Cl)cc2)[C@@H]1c1ccc(F)cc1. The van der Waals surface area contributed by atoms with E-state index < -0.39 is 23.5 Å². The van der Waals surface area contributed by atoms with E-state index in [1.165, 1.54) is 87.7 Å². The van der Waals surface area contributed by atoms with Crippen LogP contribution in [0, 0.1) is 5.82 Å². The summed E-state index contributed by atoms with van der Waals surface area (Å²) in [4.78, 5) is 27.7. The second-order valence-electron chi connectivity index (χ2n) is 10.6. The van der Waals surface area contributed by atoms with Crippen molar-refractivity contribution in [1.29, 1.82) is 0 Å². The van der Waals surface area contributed by atoms with Gasteiger partial charge in [0.05, 0.1) is 11.6 Å². The van der Waals surface area contributed by atoms with Crippen LogP contribution in [0.3, 0.4) is 0 Å². The third-order valence-electron chi connectivity index (χ3n) is 7.60. The standard InChI is InChI=1S/C33H43ClFNO3/c1-2-3-4-5-6-7-8-9-10-11-12-13-14-15-24-36-30(25-18-22-28(35)23-19-25)29(32(38)33(36)39)31(37)26-16-20-27(34)21-17-26/h16-23,30,37H,2-15,24H2,1H3/t30-/m0/s1. The lowest BCUT2D eigenvalue weighted by Gasteiger charge is -2.25. The molecule has 0 spiro atoms. The first-order valence-electron chi connectivity index (χ1n) is 14.7. The first-order valence-corrected chi connectivity index (χ1v) is 15.1. The molecule has 1 saturated heterocycles. The van der Waals surface area contributed by atoms with Gasteiger partial charge in [-0.3, -0.25) is 9.59 Å². The van der Waals surface area contributed by atoms with Crippen LogP contribution in [-0.2, 0) is 9.59 Å². The zero-order chi connectivity index (χ0) is 28.0. The predicted molar refractivity (Wildman–Crippen MR) is 157 cm³/mol. The molecule has 0 unspecified atom stereocenters. The second-order valence-corrected chi connectivity index (χ2v) is 11.1. The first-order chi connectivity index (χ1) is 18.9. The summed E-state index contributed by atoms with van der Waals surface area (Å²) in [6.45, 7) is 2.66. The average Bonchev–Trinajstić information content (AvgIpc) is 3.18. The van der Waals surface area contributed by atoms with Crippen molar-refractivity contribution in [3.05, 3.63) is 76.1 Å². The number of carbonyl (C=O) groups is 2. The van der Waals surface area contributed by atoms with Gasteiger partial charge in [-0.1, -0.05) is 114 Å². The Balaban J connectivity index is 1.52. The average molecular weight is 556 g/mol. The van der Waals surface area contributed by atoms with E-state index >= 15 is 0 Å². The van der Waals surface area contributed by atoms with Crippen molar-refractivity contribution in [2.24, 2.45) is 0 Å². The second kappa shape index (κ2) is 16.4. The van der Waals surface area contributed by atoms with Crippen molar-refractivity contribution >= 4 is 29.1 Å². The number of ketones is 1. The Morgan fingerprint density at radius 2 is 1.26 bits per heavy atom. The van der Waals surface area contributed by atoms with E-state index in [2.05, 4.69) is 6.92 Å². The fourth-order valence-electron chi connectivity index (χ4n) is 5.34. The quantitative estimate of drug-likeness (QED) is 0.0915. The van der Waals surface area contributed by atoms with Crippen molar-refractivity contribution in [2.45, 2.75) is 103 Å². The number of carbonyl (C=O) groups excluding carboxylic acids is 2. The maximum Gasteiger partial charge on any atom is 0.295 e. The highest BCUT2D eigenvalue weighted by molar-refractivity contribution is 6.46. The minimum Gasteiger partial charge on any atom is -0.507 e. The molecule has 0 aliphatic carbocycles. The van der Waals surface area contributed by atoms with Gasteiger partial charge in [-0.25, -0.2) is 4.39 Å². The molecular formula is C33H43ClFNO3. The number of benzene rings is 2. The molecule has 0 aromatic heterocycles. The zero-order valence-electron chi connectivity index (χ0n) is 23.3. The third kappa shape index (κ3) is 9.20. The number of likely N-dealkylation sites (tertiary alicyclic amines) is 1. The highest BCUT2D eigenvalue weighted by Crippen LogP contribution is 2.39. The van der Waals surface area contributed by atoms with E-state index in [0.717, 1.165) is 19.3 Å². The number of hydrogen-bond donors (Lipinski definition) is 1. The van der Waals surface area contributed by atoms with E-state index in [1.807, 2.05) is 0 Å². The maximum absolute atomic E-state index is 13.7. The minimum absolute atomic E-state index is 0.0271. The third-order valence-corrected chi connectivity index (χ3v) is 7.85. The molecule has 1 aliphatic rings. The molecule has 1 aliphatic heterocycles. The number of Topliss-reactive ketones (excluding diaryl/α,β-unsaturated/α-hetero) is 1. The topological polar surface area (TPSA) is 57.6 Å². The van der Waals surface area contributed by atoms with Gasteiger partial charge in [-0.15, -0.1) is 0 Å². The van der Waals surface area contributed by atoms with Gasteiger partial charge in [0.2, 0.25) is 0 Å².